The molecule has 0 saturated heterocycles. The van der Waals surface area contributed by atoms with Crippen molar-refractivity contribution in [3.63, 3.8) is 0 Å². The van der Waals surface area contributed by atoms with Gasteiger partial charge in [-0.15, -0.1) is 11.8 Å². The van der Waals surface area contributed by atoms with E-state index in [0.29, 0.717) is 11.5 Å². The van der Waals surface area contributed by atoms with E-state index in [1.54, 1.807) is 32.9 Å². The average molecular weight is 350 g/mol. The summed E-state index contributed by atoms with van der Waals surface area (Å²) in [6.07, 6.45) is -0.581. The lowest BCUT2D eigenvalue weighted by Crippen LogP contribution is -2.38. The zero-order valence-electron chi connectivity index (χ0n) is 13.0. The summed E-state index contributed by atoms with van der Waals surface area (Å²) in [7, 11) is 1.30. The van der Waals surface area contributed by atoms with Crippen LogP contribution in [0.2, 0.25) is 5.22 Å². The zero-order chi connectivity index (χ0) is 16.8. The molecule has 1 aromatic rings. The van der Waals surface area contributed by atoms with Crippen LogP contribution in [0.4, 0.5) is 4.79 Å². The summed E-state index contributed by atoms with van der Waals surface area (Å²) in [4.78, 5) is 23.4. The highest BCUT2D eigenvalue weighted by molar-refractivity contribution is 7.99. The summed E-state index contributed by atoms with van der Waals surface area (Å²) in [5, 5.41) is 2.28. The third-order valence-corrected chi connectivity index (χ3v) is 3.77. The van der Waals surface area contributed by atoms with Crippen molar-refractivity contribution in [2.24, 2.45) is 0 Å². The molecule has 22 heavy (non-hydrogen) atoms. The van der Waals surface area contributed by atoms with E-state index in [0.717, 1.165) is 0 Å². The maximum atomic E-state index is 11.7. The van der Waals surface area contributed by atoms with Crippen LogP contribution in [-0.4, -0.2) is 36.6 Å². The molecule has 1 aromatic heterocycles. The highest BCUT2D eigenvalue weighted by Crippen LogP contribution is 2.22. The van der Waals surface area contributed by atoms with Gasteiger partial charge in [0.05, 0.1) is 12.9 Å². The quantitative estimate of drug-likeness (QED) is 0.794. The number of hydrogen-bond acceptors (Lipinski definition) is 6. The average Bonchev–Trinajstić information content (AvgIpc) is 2.81. The second-order valence-electron chi connectivity index (χ2n) is 5.41. The van der Waals surface area contributed by atoms with E-state index in [9.17, 15) is 9.59 Å². The lowest BCUT2D eigenvalue weighted by molar-refractivity contribution is -0.139. The lowest BCUT2D eigenvalue weighted by atomic mass is 10.2. The fourth-order valence-electron chi connectivity index (χ4n) is 1.44. The topological polar surface area (TPSA) is 77.8 Å². The van der Waals surface area contributed by atoms with E-state index in [-0.39, 0.29) is 11.8 Å². The molecule has 6 nitrogen and oxygen atoms in total. The molecule has 8 heteroatoms. The van der Waals surface area contributed by atoms with Crippen molar-refractivity contribution in [2.75, 3.05) is 13.7 Å². The molecular weight excluding hydrogens is 330 g/mol. The summed E-state index contributed by atoms with van der Waals surface area (Å²) in [5.41, 5.74) is -0.594. The number of rotatable bonds is 6. The first-order valence-electron chi connectivity index (χ1n) is 6.62. The van der Waals surface area contributed by atoms with Gasteiger partial charge in [-0.1, -0.05) is 0 Å². The largest absolute Gasteiger partial charge is 0.468 e. The number of halogens is 1. The van der Waals surface area contributed by atoms with Gasteiger partial charge in [0.1, 0.15) is 16.6 Å². The number of esters is 1. The monoisotopic (exact) mass is 349 g/mol. The first-order chi connectivity index (χ1) is 10.2. The van der Waals surface area contributed by atoms with Crippen molar-refractivity contribution >= 4 is 35.4 Å². The van der Waals surface area contributed by atoms with Gasteiger partial charge in [-0.05, 0) is 44.5 Å². The second-order valence-corrected chi connectivity index (χ2v) is 6.97. The van der Waals surface area contributed by atoms with Gasteiger partial charge in [-0.25, -0.2) is 4.79 Å². The molecule has 1 amide bonds. The molecule has 0 aliphatic carbocycles. The fraction of sp³-hybridized carbons (Fsp3) is 0.571. The summed E-state index contributed by atoms with van der Waals surface area (Å²) >= 11 is 6.97. The molecular formula is C14H20ClNO5S. The third kappa shape index (κ3) is 7.09. The Balaban J connectivity index is 2.50. The Hall–Kier alpha value is -1.34. The Morgan fingerprint density at radius 3 is 2.59 bits per heavy atom. The Morgan fingerprint density at radius 2 is 2.09 bits per heavy atom. The van der Waals surface area contributed by atoms with Crippen LogP contribution in [0.5, 0.6) is 0 Å². The first kappa shape index (κ1) is 18.7. The van der Waals surface area contributed by atoms with Crippen LogP contribution in [0.15, 0.2) is 16.5 Å². The van der Waals surface area contributed by atoms with Crippen LogP contribution >= 0.6 is 23.4 Å². The molecule has 1 unspecified atom stereocenters. The van der Waals surface area contributed by atoms with Crippen LogP contribution in [0.25, 0.3) is 0 Å². The van der Waals surface area contributed by atoms with Crippen molar-refractivity contribution in [3.8, 4) is 0 Å². The van der Waals surface area contributed by atoms with Gasteiger partial charge in [0.25, 0.3) is 0 Å². The predicted octanol–water partition coefficient (Wildman–Crippen LogP) is 3.23. The minimum absolute atomic E-state index is 0.0979. The summed E-state index contributed by atoms with van der Waals surface area (Å²) in [6.45, 7) is 5.39. The minimum atomic E-state index is -0.594. The normalized spacial score (nSPS) is 12.6. The number of amides is 1. The molecule has 124 valence electrons. The van der Waals surface area contributed by atoms with Crippen molar-refractivity contribution in [1.82, 2.24) is 5.32 Å². The molecule has 0 bridgehead atoms. The molecule has 0 spiro atoms. The summed E-state index contributed by atoms with van der Waals surface area (Å²) in [6, 6.07) is 3.36. The van der Waals surface area contributed by atoms with Crippen LogP contribution in [0, 0.1) is 0 Å². The molecule has 0 fully saturated rings. The molecule has 0 aliphatic rings. The Labute approximate surface area is 138 Å². The number of alkyl carbamates (subject to hydrolysis) is 1. The first-order valence-corrected chi connectivity index (χ1v) is 8.04. The standard InChI is InChI=1S/C14H20ClNO5S/c1-14(2,3)21-13(18)16-7-10(12(17)19-4)22-8-9-5-6-11(15)20-9/h5-6,10H,7-8H2,1-4H3,(H,16,18). The maximum absolute atomic E-state index is 11.7. The predicted molar refractivity (Wildman–Crippen MR) is 85.1 cm³/mol. The smallest absolute Gasteiger partial charge is 0.407 e. The van der Waals surface area contributed by atoms with Crippen LogP contribution < -0.4 is 5.32 Å². The van der Waals surface area contributed by atoms with Gasteiger partial charge in [-0.2, -0.15) is 0 Å². The second kappa shape index (κ2) is 8.33. The Kier molecular flexibility index (Phi) is 7.09. The Morgan fingerprint density at radius 1 is 1.41 bits per heavy atom. The van der Waals surface area contributed by atoms with Gasteiger partial charge in [0.15, 0.2) is 5.22 Å². The molecule has 0 radical (unpaired) electrons. The van der Waals surface area contributed by atoms with Crippen molar-refractivity contribution in [3.05, 3.63) is 23.1 Å². The highest BCUT2D eigenvalue weighted by atomic mass is 35.5. The van der Waals surface area contributed by atoms with Crippen LogP contribution in [0.3, 0.4) is 0 Å². The minimum Gasteiger partial charge on any atom is -0.468 e. The third-order valence-electron chi connectivity index (χ3n) is 2.35. The molecule has 0 aromatic carbocycles. The van der Waals surface area contributed by atoms with Crippen LogP contribution in [0.1, 0.15) is 26.5 Å². The van der Waals surface area contributed by atoms with Crippen molar-refractivity contribution in [1.29, 1.82) is 0 Å². The van der Waals surface area contributed by atoms with E-state index in [1.807, 2.05) is 0 Å². The van der Waals surface area contributed by atoms with Gasteiger partial charge < -0.3 is 19.2 Å². The van der Waals surface area contributed by atoms with E-state index in [2.05, 4.69) is 5.32 Å². The number of furan rings is 1. The van der Waals surface area contributed by atoms with E-state index >= 15 is 0 Å². The number of hydrogen-bond donors (Lipinski definition) is 1. The lowest BCUT2D eigenvalue weighted by Gasteiger charge is -2.21. The number of carbonyl (C=O) groups is 2. The van der Waals surface area contributed by atoms with E-state index < -0.39 is 22.9 Å². The van der Waals surface area contributed by atoms with Crippen molar-refractivity contribution < 1.29 is 23.5 Å². The van der Waals surface area contributed by atoms with Gasteiger partial charge >= 0.3 is 12.1 Å². The summed E-state index contributed by atoms with van der Waals surface area (Å²) in [5.74, 6) is 0.641. The highest BCUT2D eigenvalue weighted by Gasteiger charge is 2.23. The molecule has 0 saturated carbocycles. The number of nitrogens with one attached hydrogen (secondary N) is 1. The number of methoxy groups -OCH3 is 1. The van der Waals surface area contributed by atoms with E-state index in [4.69, 9.17) is 25.5 Å². The Bertz CT molecular complexity index is 512. The molecule has 1 atom stereocenters. The number of ether oxygens (including phenoxy) is 2. The van der Waals surface area contributed by atoms with Crippen LogP contribution in [-0.2, 0) is 20.0 Å². The molecule has 1 rings (SSSR count). The number of thioether (sulfide) groups is 1. The SMILES string of the molecule is COC(=O)C(CNC(=O)OC(C)(C)C)SCc1ccc(Cl)o1. The molecule has 1 N–H and O–H groups in total. The van der Waals surface area contributed by atoms with E-state index in [1.165, 1.54) is 18.9 Å². The van der Waals surface area contributed by atoms with Gasteiger partial charge in [0.2, 0.25) is 0 Å². The van der Waals surface area contributed by atoms with Gasteiger partial charge in [-0.3, -0.25) is 4.79 Å². The molecule has 0 aliphatic heterocycles. The van der Waals surface area contributed by atoms with Gasteiger partial charge in [0, 0.05) is 6.54 Å². The number of carbonyl (C=O) groups excluding carboxylic acids is 2. The zero-order valence-corrected chi connectivity index (χ0v) is 14.5. The fourth-order valence-corrected chi connectivity index (χ4v) is 2.56. The van der Waals surface area contributed by atoms with Crippen molar-refractivity contribution in [2.45, 2.75) is 37.4 Å². The maximum Gasteiger partial charge on any atom is 0.407 e. The summed E-state index contributed by atoms with van der Waals surface area (Å²) < 4.78 is 15.1. The molecule has 1 heterocycles.